The number of piperidine rings is 1. The van der Waals surface area contributed by atoms with Gasteiger partial charge in [-0.2, -0.15) is 0 Å². The van der Waals surface area contributed by atoms with Gasteiger partial charge in [0.15, 0.2) is 0 Å². The molecule has 0 radical (unpaired) electrons. The summed E-state index contributed by atoms with van der Waals surface area (Å²) in [7, 11) is 1.61. The minimum absolute atomic E-state index is 0.0282. The average molecular weight is 345 g/mol. The van der Waals surface area contributed by atoms with Crippen LogP contribution >= 0.6 is 0 Å². The van der Waals surface area contributed by atoms with Crippen molar-refractivity contribution >= 4 is 17.5 Å². The Bertz CT molecular complexity index is 710. The second kappa shape index (κ2) is 8.02. The number of rotatable bonds is 6. The Labute approximate surface area is 146 Å². The molecular weight excluding hydrogens is 322 g/mol. The van der Waals surface area contributed by atoms with Crippen LogP contribution in [0.1, 0.15) is 18.4 Å². The summed E-state index contributed by atoms with van der Waals surface area (Å²) in [5, 5.41) is 14.2. The number of pyridine rings is 1. The molecule has 134 valence electrons. The predicted molar refractivity (Wildman–Crippen MR) is 92.2 cm³/mol. The van der Waals surface area contributed by atoms with Crippen LogP contribution in [0.4, 0.5) is 11.6 Å². The molecule has 2 aromatic heterocycles. The molecule has 1 amide bonds. The van der Waals surface area contributed by atoms with Crippen molar-refractivity contribution in [2.45, 2.75) is 26.3 Å². The summed E-state index contributed by atoms with van der Waals surface area (Å²) < 4.78 is 6.55. The van der Waals surface area contributed by atoms with Gasteiger partial charge in [0, 0.05) is 44.2 Å². The van der Waals surface area contributed by atoms with Crippen LogP contribution < -0.4 is 10.2 Å². The number of hydrogen-bond acceptors (Lipinski definition) is 7. The summed E-state index contributed by atoms with van der Waals surface area (Å²) in [5.41, 5.74) is 2.35. The van der Waals surface area contributed by atoms with Gasteiger partial charge in [-0.05, 0) is 41.8 Å². The Kier molecular flexibility index (Phi) is 5.54. The van der Waals surface area contributed by atoms with E-state index in [9.17, 15) is 4.79 Å². The number of amides is 1. The molecule has 9 heteroatoms. The highest BCUT2D eigenvalue weighted by Gasteiger charge is 2.26. The lowest BCUT2D eigenvalue weighted by molar-refractivity contribution is -0.120. The van der Waals surface area contributed by atoms with Gasteiger partial charge in [0.1, 0.15) is 0 Å². The van der Waals surface area contributed by atoms with Crippen LogP contribution in [0.3, 0.4) is 0 Å². The van der Waals surface area contributed by atoms with Gasteiger partial charge in [-0.15, -0.1) is 0 Å². The monoisotopic (exact) mass is 345 g/mol. The van der Waals surface area contributed by atoms with Crippen molar-refractivity contribution in [3.63, 3.8) is 0 Å². The van der Waals surface area contributed by atoms with Gasteiger partial charge < -0.3 is 9.64 Å². The largest absolute Gasteiger partial charge is 0.383 e. The molecule has 0 unspecified atom stereocenters. The van der Waals surface area contributed by atoms with Crippen LogP contribution in [-0.2, 0) is 16.1 Å². The molecule has 9 nitrogen and oxygen atoms in total. The van der Waals surface area contributed by atoms with Crippen LogP contribution in [-0.4, -0.2) is 57.9 Å². The standard InChI is InChI=1S/C16H23N7O2/c1-12-11-17-6-3-14(12)22-7-4-13(5-8-22)15(24)18-16-19-20-21-23(16)9-10-25-2/h3,6,11,13H,4-5,7-10H2,1-2H3,(H,18,19,21,24). The van der Waals surface area contributed by atoms with Crippen LogP contribution in [0, 0.1) is 12.8 Å². The fourth-order valence-electron chi connectivity index (χ4n) is 3.04. The summed E-state index contributed by atoms with van der Waals surface area (Å²) >= 11 is 0. The first-order chi connectivity index (χ1) is 12.2. The molecule has 1 fully saturated rings. The molecule has 0 atom stereocenters. The first-order valence-electron chi connectivity index (χ1n) is 8.40. The molecule has 3 rings (SSSR count). The second-order valence-electron chi connectivity index (χ2n) is 6.13. The van der Waals surface area contributed by atoms with Gasteiger partial charge in [0.05, 0.1) is 13.2 Å². The molecule has 0 aromatic carbocycles. The van der Waals surface area contributed by atoms with E-state index in [1.807, 2.05) is 12.3 Å². The highest BCUT2D eigenvalue weighted by atomic mass is 16.5. The van der Waals surface area contributed by atoms with Crippen molar-refractivity contribution in [1.29, 1.82) is 0 Å². The number of carbonyl (C=O) groups is 1. The van der Waals surface area contributed by atoms with E-state index in [1.165, 1.54) is 10.4 Å². The third-order valence-electron chi connectivity index (χ3n) is 4.47. The minimum atomic E-state index is -0.0361. The molecule has 0 bridgehead atoms. The topological polar surface area (TPSA) is 98.1 Å². The fraction of sp³-hybridized carbons (Fsp3) is 0.562. The van der Waals surface area contributed by atoms with Gasteiger partial charge in [-0.3, -0.25) is 15.1 Å². The third-order valence-corrected chi connectivity index (χ3v) is 4.47. The summed E-state index contributed by atoms with van der Waals surface area (Å²) in [5.74, 6) is 0.306. The molecule has 1 aliphatic rings. The highest BCUT2D eigenvalue weighted by molar-refractivity contribution is 5.91. The van der Waals surface area contributed by atoms with E-state index < -0.39 is 0 Å². The first-order valence-corrected chi connectivity index (χ1v) is 8.40. The molecule has 1 N–H and O–H groups in total. The first kappa shape index (κ1) is 17.3. The van der Waals surface area contributed by atoms with Crippen molar-refractivity contribution in [2.75, 3.05) is 37.0 Å². The van der Waals surface area contributed by atoms with Gasteiger partial charge in [0.2, 0.25) is 11.9 Å². The van der Waals surface area contributed by atoms with E-state index in [4.69, 9.17) is 4.74 Å². The Morgan fingerprint density at radius 2 is 2.20 bits per heavy atom. The van der Waals surface area contributed by atoms with E-state index in [0.29, 0.717) is 19.1 Å². The smallest absolute Gasteiger partial charge is 0.249 e. The summed E-state index contributed by atoms with van der Waals surface area (Å²) in [6, 6.07) is 2.03. The number of ether oxygens (including phenoxy) is 1. The van der Waals surface area contributed by atoms with Crippen LogP contribution in [0.5, 0.6) is 0 Å². The molecule has 1 saturated heterocycles. The Morgan fingerprint density at radius 3 is 2.92 bits per heavy atom. The predicted octanol–water partition coefficient (Wildman–Crippen LogP) is 0.878. The van der Waals surface area contributed by atoms with Crippen molar-refractivity contribution in [3.8, 4) is 0 Å². The highest BCUT2D eigenvalue weighted by Crippen LogP contribution is 2.26. The van der Waals surface area contributed by atoms with Crippen molar-refractivity contribution in [3.05, 3.63) is 24.0 Å². The molecule has 3 heterocycles. The number of aromatic nitrogens is 5. The lowest BCUT2D eigenvalue weighted by atomic mass is 9.95. The maximum absolute atomic E-state index is 12.5. The van der Waals surface area contributed by atoms with Crippen LogP contribution in [0.15, 0.2) is 18.5 Å². The lowest BCUT2D eigenvalue weighted by Crippen LogP contribution is -2.38. The minimum Gasteiger partial charge on any atom is -0.383 e. The maximum atomic E-state index is 12.5. The molecule has 0 saturated carbocycles. The zero-order chi connectivity index (χ0) is 17.6. The normalized spacial score (nSPS) is 15.4. The molecule has 25 heavy (non-hydrogen) atoms. The lowest BCUT2D eigenvalue weighted by Gasteiger charge is -2.33. The SMILES string of the molecule is COCCn1nnnc1NC(=O)C1CCN(c2ccncc2C)CC1. The molecule has 1 aliphatic heterocycles. The number of methoxy groups -OCH3 is 1. The van der Waals surface area contributed by atoms with Crippen molar-refractivity contribution in [1.82, 2.24) is 25.2 Å². The number of carbonyl (C=O) groups excluding carboxylic acids is 1. The molecular formula is C16H23N7O2. The number of nitrogens with one attached hydrogen (secondary N) is 1. The number of nitrogens with zero attached hydrogens (tertiary/aromatic N) is 6. The number of hydrogen-bond donors (Lipinski definition) is 1. The Hall–Kier alpha value is -2.55. The van der Waals surface area contributed by atoms with Gasteiger partial charge >= 0.3 is 0 Å². The van der Waals surface area contributed by atoms with Gasteiger partial charge in [-0.25, -0.2) is 4.68 Å². The number of aryl methyl sites for hydroxylation is 1. The summed E-state index contributed by atoms with van der Waals surface area (Å²) in [6.07, 6.45) is 5.27. The van der Waals surface area contributed by atoms with Gasteiger partial charge in [0.25, 0.3) is 0 Å². The summed E-state index contributed by atoms with van der Waals surface area (Å²) in [6.45, 7) is 4.73. The van der Waals surface area contributed by atoms with Crippen molar-refractivity contribution < 1.29 is 9.53 Å². The van der Waals surface area contributed by atoms with Crippen LogP contribution in [0.25, 0.3) is 0 Å². The van der Waals surface area contributed by atoms with Crippen molar-refractivity contribution in [2.24, 2.45) is 5.92 Å². The number of anilines is 2. The van der Waals surface area contributed by atoms with E-state index in [1.54, 1.807) is 13.3 Å². The molecule has 2 aromatic rings. The molecule has 0 aliphatic carbocycles. The summed E-state index contributed by atoms with van der Waals surface area (Å²) in [4.78, 5) is 19.0. The fourth-order valence-corrected chi connectivity index (χ4v) is 3.04. The Morgan fingerprint density at radius 1 is 1.40 bits per heavy atom. The molecule has 0 spiro atoms. The van der Waals surface area contributed by atoms with E-state index in [2.05, 4.69) is 37.6 Å². The van der Waals surface area contributed by atoms with Gasteiger partial charge in [-0.1, -0.05) is 5.10 Å². The van der Waals surface area contributed by atoms with E-state index in [0.717, 1.165) is 31.5 Å². The zero-order valence-corrected chi connectivity index (χ0v) is 14.6. The zero-order valence-electron chi connectivity index (χ0n) is 14.6. The van der Waals surface area contributed by atoms with Crippen LogP contribution in [0.2, 0.25) is 0 Å². The Balaban J connectivity index is 1.55. The van der Waals surface area contributed by atoms with E-state index >= 15 is 0 Å². The average Bonchev–Trinajstić information content (AvgIpc) is 3.07. The number of tetrazole rings is 1. The van der Waals surface area contributed by atoms with E-state index in [-0.39, 0.29) is 11.8 Å². The second-order valence-corrected chi connectivity index (χ2v) is 6.13. The quantitative estimate of drug-likeness (QED) is 0.830. The third kappa shape index (κ3) is 4.11. The maximum Gasteiger partial charge on any atom is 0.249 e.